The molecule has 0 radical (unpaired) electrons. The van der Waals surface area contributed by atoms with Crippen molar-refractivity contribution in [2.24, 2.45) is 10.9 Å². The topological polar surface area (TPSA) is 87.7 Å². The first-order chi connectivity index (χ1) is 10.0. The van der Waals surface area contributed by atoms with Crippen molar-refractivity contribution in [2.75, 3.05) is 5.32 Å². The maximum atomic E-state index is 12.1. The normalized spacial score (nSPS) is 11.2. The molecule has 0 unspecified atom stereocenters. The number of hydrogen-bond acceptors (Lipinski definition) is 3. The zero-order chi connectivity index (χ0) is 15.4. The summed E-state index contributed by atoms with van der Waals surface area (Å²) >= 11 is 6.66. The van der Waals surface area contributed by atoms with Crippen LogP contribution in [0.25, 0.3) is 0 Å². The highest BCUT2D eigenvalue weighted by atomic mass is 79.9. The number of hydrogen-bond donors (Lipinski definition) is 3. The summed E-state index contributed by atoms with van der Waals surface area (Å²) < 4.78 is 1.54. The van der Waals surface area contributed by atoms with Crippen molar-refractivity contribution in [3.05, 3.63) is 62.5 Å². The van der Waals surface area contributed by atoms with Gasteiger partial charge in [0, 0.05) is 20.1 Å². The van der Waals surface area contributed by atoms with Crippen LogP contribution < -0.4 is 11.1 Å². The van der Waals surface area contributed by atoms with E-state index in [9.17, 15) is 4.79 Å². The van der Waals surface area contributed by atoms with E-state index in [0.29, 0.717) is 21.3 Å². The van der Waals surface area contributed by atoms with Crippen LogP contribution in [0.1, 0.15) is 15.9 Å². The first-order valence-corrected chi connectivity index (χ1v) is 7.44. The lowest BCUT2D eigenvalue weighted by Crippen LogP contribution is -2.15. The van der Waals surface area contributed by atoms with E-state index in [4.69, 9.17) is 10.9 Å². The van der Waals surface area contributed by atoms with Crippen LogP contribution in [0.3, 0.4) is 0 Å². The van der Waals surface area contributed by atoms with E-state index in [1.54, 1.807) is 42.5 Å². The molecule has 0 spiro atoms. The summed E-state index contributed by atoms with van der Waals surface area (Å²) in [6.45, 7) is 0. The van der Waals surface area contributed by atoms with Crippen LogP contribution in [0.5, 0.6) is 0 Å². The minimum Gasteiger partial charge on any atom is -0.409 e. The summed E-state index contributed by atoms with van der Waals surface area (Å²) in [5.74, 6) is -0.221. The minimum atomic E-state index is -0.222. The molecule has 0 aromatic heterocycles. The Morgan fingerprint density at radius 3 is 2.29 bits per heavy atom. The molecule has 0 bridgehead atoms. The summed E-state index contributed by atoms with van der Waals surface area (Å²) in [6, 6.07) is 12.0. The summed E-state index contributed by atoms with van der Waals surface area (Å²) in [5.41, 5.74) is 7.20. The van der Waals surface area contributed by atoms with Gasteiger partial charge in [-0.3, -0.25) is 4.79 Å². The van der Waals surface area contributed by atoms with E-state index >= 15 is 0 Å². The van der Waals surface area contributed by atoms with Crippen LogP contribution in [-0.4, -0.2) is 17.0 Å². The van der Waals surface area contributed by atoms with Crippen LogP contribution >= 0.6 is 31.9 Å². The van der Waals surface area contributed by atoms with Crippen molar-refractivity contribution in [1.29, 1.82) is 0 Å². The Balaban J connectivity index is 2.20. The van der Waals surface area contributed by atoms with Crippen molar-refractivity contribution in [2.45, 2.75) is 0 Å². The van der Waals surface area contributed by atoms with Gasteiger partial charge in [0.05, 0.1) is 5.69 Å². The van der Waals surface area contributed by atoms with Crippen molar-refractivity contribution in [3.63, 3.8) is 0 Å². The average molecular weight is 413 g/mol. The monoisotopic (exact) mass is 411 g/mol. The number of nitrogens with two attached hydrogens (primary N) is 1. The third-order valence-electron chi connectivity index (χ3n) is 2.73. The smallest absolute Gasteiger partial charge is 0.255 e. The van der Waals surface area contributed by atoms with Gasteiger partial charge in [-0.05, 0) is 58.4 Å². The van der Waals surface area contributed by atoms with E-state index in [0.717, 1.165) is 4.47 Å². The van der Waals surface area contributed by atoms with Crippen LogP contribution in [0, 0.1) is 0 Å². The highest BCUT2D eigenvalue weighted by Crippen LogP contribution is 2.24. The molecule has 2 rings (SSSR count). The van der Waals surface area contributed by atoms with Gasteiger partial charge in [0.25, 0.3) is 5.91 Å². The zero-order valence-electron chi connectivity index (χ0n) is 10.7. The molecule has 0 aliphatic carbocycles. The first kappa shape index (κ1) is 15.5. The second kappa shape index (κ2) is 6.73. The molecule has 21 heavy (non-hydrogen) atoms. The Hall–Kier alpha value is -1.86. The molecule has 2 aromatic carbocycles. The number of amidine groups is 1. The summed E-state index contributed by atoms with van der Waals surface area (Å²) in [5, 5.41) is 14.4. The molecular formula is C14H11Br2N3O2. The van der Waals surface area contributed by atoms with Gasteiger partial charge in [0.15, 0.2) is 5.84 Å². The molecule has 2 aromatic rings. The second-order valence-electron chi connectivity index (χ2n) is 4.14. The number of nitrogens with zero attached hydrogens (tertiary/aromatic N) is 1. The molecule has 1 amide bonds. The number of nitrogens with one attached hydrogen (secondary N) is 1. The molecule has 7 heteroatoms. The number of anilines is 1. The molecule has 0 fully saturated rings. The maximum Gasteiger partial charge on any atom is 0.255 e. The second-order valence-corrected chi connectivity index (χ2v) is 5.91. The quantitative estimate of drug-likeness (QED) is 0.311. The number of oxime groups is 1. The molecular weight excluding hydrogens is 402 g/mol. The summed E-state index contributed by atoms with van der Waals surface area (Å²) in [4.78, 5) is 12.1. The predicted octanol–water partition coefficient (Wildman–Crippen LogP) is 3.56. The number of rotatable bonds is 3. The fourth-order valence-electron chi connectivity index (χ4n) is 1.63. The van der Waals surface area contributed by atoms with Gasteiger partial charge in [0.1, 0.15) is 0 Å². The van der Waals surface area contributed by atoms with E-state index in [1.165, 1.54) is 0 Å². The van der Waals surface area contributed by atoms with Crippen LogP contribution in [-0.2, 0) is 0 Å². The maximum absolute atomic E-state index is 12.1. The van der Waals surface area contributed by atoms with Gasteiger partial charge in [-0.25, -0.2) is 0 Å². The summed E-state index contributed by atoms with van der Waals surface area (Å²) in [7, 11) is 0. The Labute approximate surface area is 138 Å². The summed E-state index contributed by atoms with van der Waals surface area (Å²) in [6.07, 6.45) is 0. The lowest BCUT2D eigenvalue weighted by molar-refractivity contribution is 0.102. The largest absolute Gasteiger partial charge is 0.409 e. The molecule has 0 aliphatic rings. The zero-order valence-corrected chi connectivity index (χ0v) is 13.8. The molecule has 0 saturated carbocycles. The van der Waals surface area contributed by atoms with Crippen molar-refractivity contribution >= 4 is 49.3 Å². The average Bonchev–Trinajstić information content (AvgIpc) is 2.49. The van der Waals surface area contributed by atoms with Crippen molar-refractivity contribution in [3.8, 4) is 0 Å². The predicted molar refractivity (Wildman–Crippen MR) is 88.7 cm³/mol. The fraction of sp³-hybridized carbons (Fsp3) is 0. The number of carbonyl (C=O) groups is 1. The van der Waals surface area contributed by atoms with E-state index in [1.807, 2.05) is 0 Å². The Morgan fingerprint density at radius 1 is 1.10 bits per heavy atom. The molecule has 5 nitrogen and oxygen atoms in total. The van der Waals surface area contributed by atoms with Crippen LogP contribution in [0.15, 0.2) is 56.6 Å². The van der Waals surface area contributed by atoms with Gasteiger partial charge < -0.3 is 16.3 Å². The highest BCUT2D eigenvalue weighted by Gasteiger charge is 2.09. The molecule has 0 atom stereocenters. The van der Waals surface area contributed by atoms with Gasteiger partial charge in [-0.1, -0.05) is 21.1 Å². The van der Waals surface area contributed by atoms with E-state index in [2.05, 4.69) is 42.3 Å². The molecule has 0 saturated heterocycles. The molecule has 0 aliphatic heterocycles. The third kappa shape index (κ3) is 3.83. The number of halogens is 2. The van der Waals surface area contributed by atoms with Crippen LogP contribution in [0.4, 0.5) is 5.69 Å². The van der Waals surface area contributed by atoms with Gasteiger partial charge >= 0.3 is 0 Å². The Morgan fingerprint density at radius 2 is 1.71 bits per heavy atom. The lowest BCUT2D eigenvalue weighted by Gasteiger charge is -2.09. The van der Waals surface area contributed by atoms with E-state index < -0.39 is 0 Å². The van der Waals surface area contributed by atoms with Crippen molar-refractivity contribution in [1.82, 2.24) is 0 Å². The Bertz CT molecular complexity index is 700. The Kier molecular flexibility index (Phi) is 4.98. The SMILES string of the molecule is N/C(=N/O)c1ccc(NC(=O)c2ccc(Br)cc2)c(Br)c1. The molecule has 4 N–H and O–H groups in total. The lowest BCUT2D eigenvalue weighted by atomic mass is 10.1. The standard InChI is InChI=1S/C14H11Br2N3O2/c15-10-4-1-8(2-5-10)14(20)18-12-6-3-9(7-11(12)16)13(17)19-21/h1-7,21H,(H2,17,19)(H,18,20). The van der Waals surface area contributed by atoms with Gasteiger partial charge in [-0.15, -0.1) is 0 Å². The fourth-order valence-corrected chi connectivity index (χ4v) is 2.37. The van der Waals surface area contributed by atoms with Crippen LogP contribution in [0.2, 0.25) is 0 Å². The van der Waals surface area contributed by atoms with Crippen molar-refractivity contribution < 1.29 is 10.0 Å². The third-order valence-corrected chi connectivity index (χ3v) is 3.91. The number of carbonyl (C=O) groups excluding carboxylic acids is 1. The molecule has 0 heterocycles. The number of benzene rings is 2. The first-order valence-electron chi connectivity index (χ1n) is 5.85. The molecule has 108 valence electrons. The van der Waals surface area contributed by atoms with Gasteiger partial charge in [0.2, 0.25) is 0 Å². The van der Waals surface area contributed by atoms with E-state index in [-0.39, 0.29) is 11.7 Å². The number of amides is 1. The highest BCUT2D eigenvalue weighted by molar-refractivity contribution is 9.10. The van der Waals surface area contributed by atoms with Gasteiger partial charge in [-0.2, -0.15) is 0 Å². The minimum absolute atomic E-state index is 0.00138.